The molecule has 0 fully saturated rings. The Kier molecular flexibility index (Phi) is 7.55. The van der Waals surface area contributed by atoms with Gasteiger partial charge in [-0.1, -0.05) is 19.1 Å². The molecule has 1 amide bonds. The second-order valence-corrected chi connectivity index (χ2v) is 7.96. The van der Waals surface area contributed by atoms with Crippen LogP contribution in [0.15, 0.2) is 12.2 Å². The molecule has 1 rings (SSSR count). The predicted molar refractivity (Wildman–Crippen MR) is 93.5 cm³/mol. The number of rotatable bonds is 5. The van der Waals surface area contributed by atoms with Crippen LogP contribution in [0.1, 0.15) is 53.4 Å². The van der Waals surface area contributed by atoms with E-state index in [1.165, 1.54) is 0 Å². The molecule has 2 N–H and O–H groups in total. The number of aliphatic hydroxyl groups is 1. The zero-order valence-electron chi connectivity index (χ0n) is 15.4. The van der Waals surface area contributed by atoms with E-state index in [9.17, 15) is 9.90 Å². The molecule has 2 atom stereocenters. The number of allylic oxidation sites excluding steroid dienone is 1. The number of carbonyl (C=O) groups is 1. The number of likely N-dealkylation sites (N-methyl/N-ethyl adjacent to an activating group) is 1. The Bertz CT molecular complexity index is 404. The zero-order chi connectivity index (χ0) is 17.5. The first-order valence-electron chi connectivity index (χ1n) is 8.61. The van der Waals surface area contributed by atoms with Crippen LogP contribution in [0.5, 0.6) is 0 Å². The van der Waals surface area contributed by atoms with Crippen molar-refractivity contribution in [2.24, 2.45) is 5.41 Å². The van der Waals surface area contributed by atoms with E-state index in [1.54, 1.807) is 11.9 Å². The number of hydrogen-bond acceptors (Lipinski definition) is 4. The van der Waals surface area contributed by atoms with E-state index in [4.69, 9.17) is 4.74 Å². The molecule has 5 heteroatoms. The number of aliphatic hydroxyl groups excluding tert-OH is 1. The molecule has 23 heavy (non-hydrogen) atoms. The van der Waals surface area contributed by atoms with Crippen molar-refractivity contribution in [3.63, 3.8) is 0 Å². The lowest BCUT2D eigenvalue weighted by Gasteiger charge is -2.32. The van der Waals surface area contributed by atoms with Crippen LogP contribution in [-0.2, 0) is 4.74 Å². The van der Waals surface area contributed by atoms with Crippen molar-refractivity contribution < 1.29 is 14.6 Å². The van der Waals surface area contributed by atoms with E-state index < -0.39 is 5.60 Å². The van der Waals surface area contributed by atoms with Crippen LogP contribution in [0.4, 0.5) is 4.79 Å². The van der Waals surface area contributed by atoms with Gasteiger partial charge in [0, 0.05) is 26.7 Å². The smallest absolute Gasteiger partial charge is 0.410 e. The Morgan fingerprint density at radius 1 is 1.43 bits per heavy atom. The number of amides is 1. The third kappa shape index (κ3) is 8.37. The Labute approximate surface area is 141 Å². The van der Waals surface area contributed by atoms with Gasteiger partial charge in [0.2, 0.25) is 0 Å². The van der Waals surface area contributed by atoms with Gasteiger partial charge in [-0.25, -0.2) is 4.79 Å². The maximum absolute atomic E-state index is 11.9. The van der Waals surface area contributed by atoms with Crippen LogP contribution < -0.4 is 5.32 Å². The van der Waals surface area contributed by atoms with Gasteiger partial charge in [-0.15, -0.1) is 0 Å². The molecule has 0 aromatic carbocycles. The van der Waals surface area contributed by atoms with Gasteiger partial charge in [-0.3, -0.25) is 0 Å². The van der Waals surface area contributed by atoms with Gasteiger partial charge >= 0.3 is 6.09 Å². The third-order valence-corrected chi connectivity index (χ3v) is 4.20. The van der Waals surface area contributed by atoms with Gasteiger partial charge in [-0.05, 0) is 51.9 Å². The molecule has 0 aromatic heterocycles. The monoisotopic (exact) mass is 326 g/mol. The fraction of sp³-hybridized carbons (Fsp3) is 0.833. The Balaban J connectivity index is 2.30. The fourth-order valence-corrected chi connectivity index (χ4v) is 2.65. The van der Waals surface area contributed by atoms with Gasteiger partial charge in [0.25, 0.3) is 0 Å². The SMILES string of the molecule is CN(CCNCC1(C)CC/C=C\C(O)CC1)C(=O)OC(C)(C)C. The summed E-state index contributed by atoms with van der Waals surface area (Å²) in [4.78, 5) is 13.5. The minimum atomic E-state index is -0.459. The van der Waals surface area contributed by atoms with Crippen molar-refractivity contribution in [2.45, 2.75) is 65.1 Å². The van der Waals surface area contributed by atoms with Gasteiger partial charge in [0.05, 0.1) is 6.10 Å². The van der Waals surface area contributed by atoms with Crippen molar-refractivity contribution in [1.29, 1.82) is 0 Å². The van der Waals surface area contributed by atoms with Crippen molar-refractivity contribution in [3.8, 4) is 0 Å². The highest BCUT2D eigenvalue weighted by Gasteiger charge is 2.25. The number of nitrogens with one attached hydrogen (secondary N) is 1. The molecule has 0 bridgehead atoms. The summed E-state index contributed by atoms with van der Waals surface area (Å²) >= 11 is 0. The summed E-state index contributed by atoms with van der Waals surface area (Å²) in [6.45, 7) is 10.1. The third-order valence-electron chi connectivity index (χ3n) is 4.20. The van der Waals surface area contributed by atoms with Crippen molar-refractivity contribution in [3.05, 3.63) is 12.2 Å². The van der Waals surface area contributed by atoms with Crippen LogP contribution in [0.25, 0.3) is 0 Å². The van der Waals surface area contributed by atoms with E-state index in [0.29, 0.717) is 6.54 Å². The highest BCUT2D eigenvalue weighted by atomic mass is 16.6. The molecule has 0 radical (unpaired) electrons. The Morgan fingerprint density at radius 3 is 2.78 bits per heavy atom. The van der Waals surface area contributed by atoms with Crippen LogP contribution in [0, 0.1) is 5.41 Å². The summed E-state index contributed by atoms with van der Waals surface area (Å²) in [6, 6.07) is 0. The molecule has 2 unspecified atom stereocenters. The van der Waals surface area contributed by atoms with E-state index in [1.807, 2.05) is 26.8 Å². The summed E-state index contributed by atoms with van der Waals surface area (Å²) < 4.78 is 5.33. The first-order valence-corrected chi connectivity index (χ1v) is 8.61. The maximum atomic E-state index is 11.9. The molecule has 1 aliphatic rings. The van der Waals surface area contributed by atoms with Crippen molar-refractivity contribution >= 4 is 6.09 Å². The summed E-state index contributed by atoms with van der Waals surface area (Å²) in [5, 5.41) is 13.2. The van der Waals surface area contributed by atoms with E-state index >= 15 is 0 Å². The quantitative estimate of drug-likeness (QED) is 0.602. The van der Waals surface area contributed by atoms with Crippen molar-refractivity contribution in [2.75, 3.05) is 26.7 Å². The topological polar surface area (TPSA) is 61.8 Å². The lowest BCUT2D eigenvalue weighted by Crippen LogP contribution is -2.40. The second kappa shape index (κ2) is 8.69. The Hall–Kier alpha value is -1.07. The normalized spacial score (nSPS) is 27.0. The molecule has 1 aliphatic carbocycles. The Morgan fingerprint density at radius 2 is 2.13 bits per heavy atom. The molecular formula is C18H34N2O3. The first-order chi connectivity index (χ1) is 10.6. The van der Waals surface area contributed by atoms with E-state index in [-0.39, 0.29) is 17.6 Å². The zero-order valence-corrected chi connectivity index (χ0v) is 15.4. The molecule has 0 saturated heterocycles. The van der Waals surface area contributed by atoms with Crippen LogP contribution in [0.2, 0.25) is 0 Å². The van der Waals surface area contributed by atoms with Crippen LogP contribution in [-0.4, -0.2) is 54.5 Å². The second-order valence-electron chi connectivity index (χ2n) is 7.96. The van der Waals surface area contributed by atoms with Crippen LogP contribution in [0.3, 0.4) is 0 Å². The predicted octanol–water partition coefficient (Wildman–Crippen LogP) is 2.94. The lowest BCUT2D eigenvalue weighted by molar-refractivity contribution is 0.0299. The summed E-state index contributed by atoms with van der Waals surface area (Å²) in [7, 11) is 1.76. The molecule has 0 saturated carbocycles. The average molecular weight is 326 g/mol. The fourth-order valence-electron chi connectivity index (χ4n) is 2.65. The molecule has 0 aliphatic heterocycles. The molecule has 0 aromatic rings. The maximum Gasteiger partial charge on any atom is 0.410 e. The lowest BCUT2D eigenvalue weighted by atomic mass is 9.79. The standard InChI is InChI=1S/C18H34N2O3/c1-17(2,3)23-16(22)20(5)13-12-19-14-18(4)10-7-6-8-15(21)9-11-18/h6,8,15,19,21H,7,9-14H2,1-5H3/b8-6-. The summed E-state index contributed by atoms with van der Waals surface area (Å²) in [5.74, 6) is 0. The highest BCUT2D eigenvalue weighted by molar-refractivity contribution is 5.67. The van der Waals surface area contributed by atoms with Crippen molar-refractivity contribution in [1.82, 2.24) is 10.2 Å². The molecule has 134 valence electrons. The number of hydrogen-bond donors (Lipinski definition) is 2. The number of nitrogens with zero attached hydrogens (tertiary/aromatic N) is 1. The number of carbonyl (C=O) groups excluding carboxylic acids is 1. The minimum Gasteiger partial charge on any atom is -0.444 e. The van der Waals surface area contributed by atoms with Gasteiger partial charge in [-0.2, -0.15) is 0 Å². The van der Waals surface area contributed by atoms with Gasteiger partial charge in [0.15, 0.2) is 0 Å². The highest BCUT2D eigenvalue weighted by Crippen LogP contribution is 2.31. The number of ether oxygens (including phenoxy) is 1. The van der Waals surface area contributed by atoms with E-state index in [2.05, 4.69) is 18.3 Å². The molecule has 5 nitrogen and oxygen atoms in total. The summed E-state index contributed by atoms with van der Waals surface area (Å²) in [5.41, 5.74) is -0.268. The molecular weight excluding hydrogens is 292 g/mol. The van der Waals surface area contributed by atoms with Crippen LogP contribution >= 0.6 is 0 Å². The van der Waals surface area contributed by atoms with Gasteiger partial charge < -0.3 is 20.1 Å². The molecule has 0 spiro atoms. The molecule has 0 heterocycles. The largest absolute Gasteiger partial charge is 0.444 e. The average Bonchev–Trinajstić information content (AvgIpc) is 2.43. The summed E-state index contributed by atoms with van der Waals surface area (Å²) in [6.07, 6.45) is 7.33. The first kappa shape index (κ1) is 20.0. The van der Waals surface area contributed by atoms with E-state index in [0.717, 1.165) is 38.8 Å². The van der Waals surface area contributed by atoms with Gasteiger partial charge in [0.1, 0.15) is 5.60 Å². The minimum absolute atomic E-state index is 0.191.